The van der Waals surface area contributed by atoms with Crippen LogP contribution in [0.15, 0.2) is 54.7 Å². The lowest BCUT2D eigenvalue weighted by Gasteiger charge is -2.15. The van der Waals surface area contributed by atoms with Gasteiger partial charge in [-0.05, 0) is 62.2 Å². The van der Waals surface area contributed by atoms with Crippen LogP contribution in [0.4, 0.5) is 13.2 Å². The number of alkyl halides is 3. The fraction of sp³-hybridized carbons (Fsp3) is 0.200. The van der Waals surface area contributed by atoms with Crippen LogP contribution in [0.3, 0.4) is 0 Å². The molecule has 0 saturated carbocycles. The lowest BCUT2D eigenvalue weighted by atomic mass is 9.92. The number of nitrogens with one attached hydrogen (secondary N) is 1. The number of carboxylic acids is 1. The predicted octanol–water partition coefficient (Wildman–Crippen LogP) is 6.71. The van der Waals surface area contributed by atoms with Crippen molar-refractivity contribution in [2.75, 3.05) is 0 Å². The minimum atomic E-state index is -4.49. The molecule has 2 aromatic carbocycles. The van der Waals surface area contributed by atoms with Crippen LogP contribution < -0.4 is 4.74 Å². The summed E-state index contributed by atoms with van der Waals surface area (Å²) in [5, 5.41) is 10.2. The Morgan fingerprint density at radius 3 is 2.30 bits per heavy atom. The zero-order chi connectivity index (χ0) is 23.9. The Morgan fingerprint density at radius 2 is 1.76 bits per heavy atom. The number of H-pyrrole nitrogens is 1. The van der Waals surface area contributed by atoms with Crippen molar-refractivity contribution in [2.24, 2.45) is 0 Å². The summed E-state index contributed by atoms with van der Waals surface area (Å²) < 4.78 is 44.8. The van der Waals surface area contributed by atoms with E-state index in [1.165, 1.54) is 6.07 Å². The number of hydrogen-bond donors (Lipinski definition) is 2. The number of carbonyl (C=O) groups is 1. The van der Waals surface area contributed by atoms with Gasteiger partial charge in [-0.2, -0.15) is 13.2 Å². The van der Waals surface area contributed by atoms with E-state index in [0.717, 1.165) is 17.8 Å². The Morgan fingerprint density at radius 1 is 1.06 bits per heavy atom. The number of aromatic amines is 1. The Hall–Kier alpha value is -3.81. The van der Waals surface area contributed by atoms with Crippen molar-refractivity contribution in [2.45, 2.75) is 33.1 Å². The topological polar surface area (TPSA) is 75.2 Å². The van der Waals surface area contributed by atoms with Gasteiger partial charge in [0, 0.05) is 28.2 Å². The average molecular weight is 454 g/mol. The van der Waals surface area contributed by atoms with Gasteiger partial charge in [0.05, 0.1) is 17.4 Å². The fourth-order valence-electron chi connectivity index (χ4n) is 3.87. The number of halogens is 3. The van der Waals surface area contributed by atoms with Crippen molar-refractivity contribution >= 4 is 16.9 Å². The molecule has 2 heterocycles. The summed E-state index contributed by atoms with van der Waals surface area (Å²) in [6.45, 7) is 5.53. The molecule has 33 heavy (non-hydrogen) atoms. The number of benzene rings is 2. The minimum absolute atomic E-state index is 0.00349. The summed E-state index contributed by atoms with van der Waals surface area (Å²) in [4.78, 5) is 18.7. The fourth-order valence-corrected chi connectivity index (χ4v) is 3.87. The van der Waals surface area contributed by atoms with Gasteiger partial charge in [0.2, 0.25) is 0 Å². The summed E-state index contributed by atoms with van der Waals surface area (Å²) in [6, 6.07) is 13.0. The molecule has 4 aromatic rings. The maximum atomic E-state index is 13.0. The second kappa shape index (κ2) is 8.27. The molecular weight excluding hydrogens is 433 g/mol. The van der Waals surface area contributed by atoms with Gasteiger partial charge >= 0.3 is 12.1 Å². The summed E-state index contributed by atoms with van der Waals surface area (Å²) in [5.41, 5.74) is 2.73. The molecule has 0 aliphatic rings. The Balaban J connectivity index is 1.95. The highest BCUT2D eigenvalue weighted by atomic mass is 19.4. The predicted molar refractivity (Wildman–Crippen MR) is 119 cm³/mol. The van der Waals surface area contributed by atoms with Crippen molar-refractivity contribution < 1.29 is 27.8 Å². The van der Waals surface area contributed by atoms with Gasteiger partial charge in [0.15, 0.2) is 0 Å². The number of aromatic nitrogens is 2. The standard InChI is InChI=1S/C25H21F3N2O3/c1-13(2)33-17-7-4-15(5-8-17)22-18(19-10-6-16(12-29-19)25(26,27)28)9-11-20-21(22)14(3)23(30-20)24(31)32/h4-13,30H,1-3H3,(H,31,32). The third-order valence-corrected chi connectivity index (χ3v) is 5.31. The van der Waals surface area contributed by atoms with Crippen LogP contribution >= 0.6 is 0 Å². The van der Waals surface area contributed by atoms with E-state index in [-0.39, 0.29) is 11.8 Å². The number of aromatic carboxylic acids is 1. The number of carboxylic acid groups (broad SMARTS) is 1. The average Bonchev–Trinajstić information content (AvgIpc) is 3.10. The Kier molecular flexibility index (Phi) is 5.61. The quantitative estimate of drug-likeness (QED) is 0.351. The van der Waals surface area contributed by atoms with Crippen molar-refractivity contribution in [3.05, 3.63) is 71.5 Å². The summed E-state index contributed by atoms with van der Waals surface area (Å²) in [7, 11) is 0. The van der Waals surface area contributed by atoms with E-state index in [9.17, 15) is 23.1 Å². The first kappa shape index (κ1) is 22.4. The molecule has 0 atom stereocenters. The van der Waals surface area contributed by atoms with Crippen molar-refractivity contribution in [1.82, 2.24) is 9.97 Å². The molecule has 0 fully saturated rings. The summed E-state index contributed by atoms with van der Waals surface area (Å²) >= 11 is 0. The zero-order valence-corrected chi connectivity index (χ0v) is 18.1. The van der Waals surface area contributed by atoms with E-state index in [1.807, 2.05) is 26.0 Å². The van der Waals surface area contributed by atoms with E-state index in [0.29, 0.717) is 39.0 Å². The van der Waals surface area contributed by atoms with Crippen molar-refractivity contribution in [3.8, 4) is 28.1 Å². The lowest BCUT2D eigenvalue weighted by molar-refractivity contribution is -0.137. The number of hydrogen-bond acceptors (Lipinski definition) is 3. The van der Waals surface area contributed by atoms with Crippen LogP contribution in [0.5, 0.6) is 5.75 Å². The number of aryl methyl sites for hydroxylation is 1. The number of nitrogens with zero attached hydrogens (tertiary/aromatic N) is 1. The molecule has 0 saturated heterocycles. The van der Waals surface area contributed by atoms with Gasteiger partial charge in [0.25, 0.3) is 0 Å². The molecule has 170 valence electrons. The Labute approximate surface area is 187 Å². The molecule has 4 rings (SSSR count). The molecule has 8 heteroatoms. The van der Waals surface area contributed by atoms with Crippen molar-refractivity contribution in [3.63, 3.8) is 0 Å². The largest absolute Gasteiger partial charge is 0.491 e. The van der Waals surface area contributed by atoms with E-state index in [1.54, 1.807) is 31.2 Å². The van der Waals surface area contributed by atoms with Crippen LogP contribution in [-0.4, -0.2) is 27.1 Å². The second-order valence-electron chi connectivity index (χ2n) is 7.96. The number of rotatable bonds is 5. The summed E-state index contributed by atoms with van der Waals surface area (Å²) in [6.07, 6.45) is -3.69. The molecule has 0 unspecified atom stereocenters. The molecule has 5 nitrogen and oxygen atoms in total. The monoisotopic (exact) mass is 454 g/mol. The molecular formula is C25H21F3N2O3. The minimum Gasteiger partial charge on any atom is -0.491 e. The highest BCUT2D eigenvalue weighted by Crippen LogP contribution is 2.41. The Bertz CT molecular complexity index is 1320. The zero-order valence-electron chi connectivity index (χ0n) is 18.1. The van der Waals surface area contributed by atoms with Crippen LogP contribution in [0.1, 0.15) is 35.5 Å². The van der Waals surface area contributed by atoms with Crippen LogP contribution in [0.25, 0.3) is 33.3 Å². The third kappa shape index (κ3) is 4.28. The van der Waals surface area contributed by atoms with Crippen LogP contribution in [0, 0.1) is 6.92 Å². The summed E-state index contributed by atoms with van der Waals surface area (Å²) in [5.74, 6) is -0.420. The highest BCUT2D eigenvalue weighted by Gasteiger charge is 2.31. The molecule has 0 bridgehead atoms. The maximum Gasteiger partial charge on any atom is 0.417 e. The van der Waals surface area contributed by atoms with Gasteiger partial charge in [-0.3, -0.25) is 4.98 Å². The smallest absolute Gasteiger partial charge is 0.417 e. The second-order valence-corrected chi connectivity index (χ2v) is 7.96. The first-order chi connectivity index (χ1) is 15.6. The van der Waals surface area contributed by atoms with Gasteiger partial charge in [-0.25, -0.2) is 4.79 Å². The molecule has 0 aliphatic carbocycles. The van der Waals surface area contributed by atoms with Gasteiger partial charge in [-0.1, -0.05) is 18.2 Å². The number of ether oxygens (including phenoxy) is 1. The van der Waals surface area contributed by atoms with Crippen LogP contribution in [0.2, 0.25) is 0 Å². The molecule has 0 radical (unpaired) electrons. The molecule has 2 N–H and O–H groups in total. The lowest BCUT2D eigenvalue weighted by Crippen LogP contribution is -2.05. The third-order valence-electron chi connectivity index (χ3n) is 5.31. The normalized spacial score (nSPS) is 11.8. The molecule has 2 aromatic heterocycles. The number of fused-ring (bicyclic) bond motifs is 1. The van der Waals surface area contributed by atoms with E-state index >= 15 is 0 Å². The van der Waals surface area contributed by atoms with Crippen LogP contribution in [-0.2, 0) is 6.18 Å². The van der Waals surface area contributed by atoms with Crippen molar-refractivity contribution in [1.29, 1.82) is 0 Å². The maximum absolute atomic E-state index is 13.0. The van der Waals surface area contributed by atoms with E-state index in [4.69, 9.17) is 4.74 Å². The molecule has 0 amide bonds. The van der Waals surface area contributed by atoms with E-state index in [2.05, 4.69) is 9.97 Å². The van der Waals surface area contributed by atoms with Gasteiger partial charge in [-0.15, -0.1) is 0 Å². The van der Waals surface area contributed by atoms with Gasteiger partial charge < -0.3 is 14.8 Å². The first-order valence-corrected chi connectivity index (χ1v) is 10.3. The molecule has 0 aliphatic heterocycles. The molecule has 0 spiro atoms. The van der Waals surface area contributed by atoms with E-state index < -0.39 is 17.7 Å². The first-order valence-electron chi connectivity index (χ1n) is 10.3. The number of pyridine rings is 1. The SMILES string of the molecule is Cc1c(C(=O)O)[nH]c2ccc(-c3ccc(C(F)(F)F)cn3)c(-c3ccc(OC(C)C)cc3)c12. The van der Waals surface area contributed by atoms with Gasteiger partial charge in [0.1, 0.15) is 11.4 Å². The highest BCUT2D eigenvalue weighted by molar-refractivity contribution is 6.08.